The van der Waals surface area contributed by atoms with Crippen molar-refractivity contribution in [3.05, 3.63) is 59.6 Å². The van der Waals surface area contributed by atoms with Crippen LogP contribution in [0, 0.1) is 18.3 Å². The fourth-order valence-corrected chi connectivity index (χ4v) is 1.91. The first-order valence-electron chi connectivity index (χ1n) is 6.44. The van der Waals surface area contributed by atoms with Crippen LogP contribution in [0.25, 0.3) is 6.08 Å². The van der Waals surface area contributed by atoms with Crippen molar-refractivity contribution in [3.63, 3.8) is 0 Å². The number of hydrogen-bond acceptors (Lipinski definition) is 4. The average Bonchev–Trinajstić information content (AvgIpc) is 2.91. The Morgan fingerprint density at radius 1 is 1.32 bits per heavy atom. The van der Waals surface area contributed by atoms with Crippen molar-refractivity contribution >= 4 is 35.0 Å². The van der Waals surface area contributed by atoms with Gasteiger partial charge in [0.2, 0.25) is 5.91 Å². The fourth-order valence-electron chi connectivity index (χ4n) is 1.70. The van der Waals surface area contributed by atoms with E-state index in [1.165, 1.54) is 6.08 Å². The number of furan rings is 1. The molecule has 2 aromatic rings. The third kappa shape index (κ3) is 4.30. The molecule has 1 amide bonds. The molecule has 5 nitrogen and oxygen atoms in total. The number of benzene rings is 1. The minimum Gasteiger partial charge on any atom is -0.462 e. The van der Waals surface area contributed by atoms with Gasteiger partial charge >= 0.3 is 0 Å². The average molecular weight is 311 g/mol. The van der Waals surface area contributed by atoms with E-state index in [4.69, 9.17) is 21.9 Å². The summed E-state index contributed by atoms with van der Waals surface area (Å²) in [5.41, 5.74) is 0.988. The lowest BCUT2D eigenvalue weighted by Crippen LogP contribution is -2.33. The minimum atomic E-state index is -0.388. The van der Waals surface area contributed by atoms with E-state index in [0.29, 0.717) is 17.0 Å². The number of nitrogens with one attached hydrogen (secondary N) is 2. The van der Waals surface area contributed by atoms with E-state index in [2.05, 4.69) is 10.6 Å². The van der Waals surface area contributed by atoms with Crippen molar-refractivity contribution in [2.45, 2.75) is 6.92 Å². The number of aryl methyl sites for hydroxylation is 1. The van der Waals surface area contributed by atoms with Crippen molar-refractivity contribution in [2.24, 2.45) is 0 Å². The monoisotopic (exact) mass is 311 g/mol. The molecule has 0 radical (unpaired) electrons. The molecule has 6 heteroatoms. The number of nitrogens with zero attached hydrogens (tertiary/aromatic N) is 1. The molecule has 0 aliphatic rings. The van der Waals surface area contributed by atoms with Gasteiger partial charge in [-0.25, -0.2) is 0 Å². The highest BCUT2D eigenvalue weighted by Crippen LogP contribution is 2.13. The second-order valence-electron chi connectivity index (χ2n) is 4.38. The number of rotatable bonds is 3. The van der Waals surface area contributed by atoms with Crippen LogP contribution in [0.4, 0.5) is 5.69 Å². The summed E-state index contributed by atoms with van der Waals surface area (Å²) in [6.07, 6.45) is 2.87. The lowest BCUT2D eigenvalue weighted by Gasteiger charge is -2.09. The van der Waals surface area contributed by atoms with E-state index in [-0.39, 0.29) is 11.0 Å². The van der Waals surface area contributed by atoms with Crippen LogP contribution in [0.15, 0.2) is 46.9 Å². The predicted octanol–water partition coefficient (Wildman–Crippen LogP) is 2.99. The number of thiocarbonyl (C=S) groups is 1. The Labute approximate surface area is 133 Å². The van der Waals surface area contributed by atoms with Gasteiger partial charge in [0.1, 0.15) is 17.6 Å². The number of amides is 1. The predicted molar refractivity (Wildman–Crippen MR) is 88.0 cm³/mol. The molecule has 110 valence electrons. The van der Waals surface area contributed by atoms with Crippen LogP contribution in [0.3, 0.4) is 0 Å². The normalized spacial score (nSPS) is 10.2. The van der Waals surface area contributed by atoms with E-state index >= 15 is 0 Å². The number of nitriles is 1. The van der Waals surface area contributed by atoms with Gasteiger partial charge in [-0.2, -0.15) is 5.26 Å². The van der Waals surface area contributed by atoms with Gasteiger partial charge in [0, 0.05) is 6.08 Å². The summed E-state index contributed by atoms with van der Waals surface area (Å²) in [6.45, 7) is 1.82. The van der Waals surface area contributed by atoms with Crippen LogP contribution < -0.4 is 10.6 Å². The molecular weight excluding hydrogens is 298 g/mol. The molecule has 0 fully saturated rings. The highest BCUT2D eigenvalue weighted by Gasteiger charge is 2.05. The maximum Gasteiger partial charge on any atom is 0.250 e. The van der Waals surface area contributed by atoms with Crippen molar-refractivity contribution in [1.29, 1.82) is 5.26 Å². The lowest BCUT2D eigenvalue weighted by molar-refractivity contribution is -0.115. The van der Waals surface area contributed by atoms with Crippen LogP contribution in [0.1, 0.15) is 17.1 Å². The Balaban J connectivity index is 1.93. The molecule has 0 atom stereocenters. The van der Waals surface area contributed by atoms with Crippen LogP contribution in [-0.2, 0) is 4.79 Å². The second kappa shape index (κ2) is 7.20. The number of carbonyl (C=O) groups excluding carboxylic acids is 1. The Kier molecular flexibility index (Phi) is 5.07. The van der Waals surface area contributed by atoms with Crippen LogP contribution in [0.5, 0.6) is 0 Å². The summed E-state index contributed by atoms with van der Waals surface area (Å²) in [6, 6.07) is 12.5. The molecule has 1 aromatic carbocycles. The summed E-state index contributed by atoms with van der Waals surface area (Å²) < 4.78 is 5.31. The Hall–Kier alpha value is -2.91. The molecule has 22 heavy (non-hydrogen) atoms. The molecule has 2 rings (SSSR count). The molecule has 0 unspecified atom stereocenters. The number of para-hydroxylation sites is 1. The van der Waals surface area contributed by atoms with E-state index < -0.39 is 0 Å². The van der Waals surface area contributed by atoms with Crippen LogP contribution >= 0.6 is 12.2 Å². The standard InChI is InChI=1S/C16H13N3O2S/c1-11-6-7-13(21-11)8-9-15(20)19-16(22)18-14-5-3-2-4-12(14)10-17/h2-9H,1H3,(H2,18,19,20,22)/b9-8+. The van der Waals surface area contributed by atoms with Gasteiger partial charge in [0.25, 0.3) is 0 Å². The first kappa shape index (κ1) is 15.5. The Morgan fingerprint density at radius 3 is 2.77 bits per heavy atom. The van der Waals surface area contributed by atoms with Crippen molar-refractivity contribution in [3.8, 4) is 6.07 Å². The zero-order valence-corrected chi connectivity index (χ0v) is 12.6. The first-order chi connectivity index (χ1) is 10.6. The van der Waals surface area contributed by atoms with E-state index in [9.17, 15) is 4.79 Å². The van der Waals surface area contributed by atoms with Gasteiger partial charge in [-0.1, -0.05) is 12.1 Å². The van der Waals surface area contributed by atoms with Crippen LogP contribution in [-0.4, -0.2) is 11.0 Å². The van der Waals surface area contributed by atoms with E-state index in [1.54, 1.807) is 36.4 Å². The molecule has 0 aliphatic carbocycles. The zero-order valence-electron chi connectivity index (χ0n) is 11.8. The Morgan fingerprint density at radius 2 is 2.09 bits per heavy atom. The highest BCUT2D eigenvalue weighted by atomic mass is 32.1. The fraction of sp³-hybridized carbons (Fsp3) is 0.0625. The summed E-state index contributed by atoms with van der Waals surface area (Å²) in [5, 5.41) is 14.4. The topological polar surface area (TPSA) is 78.1 Å². The van der Waals surface area contributed by atoms with Crippen molar-refractivity contribution < 1.29 is 9.21 Å². The molecule has 1 heterocycles. The minimum absolute atomic E-state index is 0.118. The third-order valence-corrected chi connectivity index (χ3v) is 2.90. The molecule has 0 bridgehead atoms. The summed E-state index contributed by atoms with van der Waals surface area (Å²) >= 11 is 5.05. The number of hydrogen-bond donors (Lipinski definition) is 2. The second-order valence-corrected chi connectivity index (χ2v) is 4.79. The number of carbonyl (C=O) groups is 1. The zero-order chi connectivity index (χ0) is 15.9. The molecule has 0 spiro atoms. The quantitative estimate of drug-likeness (QED) is 0.673. The Bertz CT molecular complexity index is 772. The number of anilines is 1. The molecule has 2 N–H and O–H groups in total. The summed E-state index contributed by atoms with van der Waals surface area (Å²) in [5.74, 6) is 0.965. The molecule has 0 saturated heterocycles. The maximum atomic E-state index is 11.7. The SMILES string of the molecule is Cc1ccc(/C=C/C(=O)NC(=S)Nc2ccccc2C#N)o1. The van der Waals surface area contributed by atoms with Gasteiger partial charge in [0.05, 0.1) is 11.3 Å². The van der Waals surface area contributed by atoms with Crippen LogP contribution in [0.2, 0.25) is 0 Å². The van der Waals surface area contributed by atoms with Gasteiger partial charge in [0.15, 0.2) is 5.11 Å². The molecular formula is C16H13N3O2S. The van der Waals surface area contributed by atoms with Gasteiger partial charge in [-0.15, -0.1) is 0 Å². The molecule has 0 aliphatic heterocycles. The van der Waals surface area contributed by atoms with Crippen molar-refractivity contribution in [2.75, 3.05) is 5.32 Å². The maximum absolute atomic E-state index is 11.7. The highest BCUT2D eigenvalue weighted by molar-refractivity contribution is 7.80. The van der Waals surface area contributed by atoms with Crippen molar-refractivity contribution in [1.82, 2.24) is 5.32 Å². The van der Waals surface area contributed by atoms with Gasteiger partial charge < -0.3 is 9.73 Å². The van der Waals surface area contributed by atoms with Gasteiger partial charge in [-0.3, -0.25) is 10.1 Å². The summed E-state index contributed by atoms with van der Waals surface area (Å²) in [4.78, 5) is 11.7. The first-order valence-corrected chi connectivity index (χ1v) is 6.85. The lowest BCUT2D eigenvalue weighted by atomic mass is 10.2. The summed E-state index contributed by atoms with van der Waals surface area (Å²) in [7, 11) is 0. The molecule has 1 aromatic heterocycles. The van der Waals surface area contributed by atoms with E-state index in [1.807, 2.05) is 19.1 Å². The smallest absolute Gasteiger partial charge is 0.250 e. The largest absolute Gasteiger partial charge is 0.462 e. The van der Waals surface area contributed by atoms with E-state index in [0.717, 1.165) is 5.76 Å². The molecule has 0 saturated carbocycles. The van der Waals surface area contributed by atoms with Gasteiger partial charge in [-0.05, 0) is 49.5 Å². The third-order valence-electron chi connectivity index (χ3n) is 2.69.